The lowest BCUT2D eigenvalue weighted by Gasteiger charge is -2.49. The van der Waals surface area contributed by atoms with E-state index in [4.69, 9.17) is 4.74 Å². The molecule has 0 aliphatic carbocycles. The first-order valence-electron chi connectivity index (χ1n) is 8.46. The molecule has 0 aromatic carbocycles. The first-order chi connectivity index (χ1) is 11.7. The molecule has 1 amide bonds. The molecule has 24 heavy (non-hydrogen) atoms. The molecular weight excluding hydrogens is 322 g/mol. The second-order valence-electron chi connectivity index (χ2n) is 6.95. The van der Waals surface area contributed by atoms with E-state index in [1.165, 1.54) is 0 Å². The molecule has 5 nitrogen and oxygen atoms in total. The van der Waals surface area contributed by atoms with Gasteiger partial charge in [-0.3, -0.25) is 14.8 Å². The van der Waals surface area contributed by atoms with Crippen LogP contribution in [0.15, 0.2) is 35.8 Å². The number of carbonyl (C=O) groups excluding carboxylic acids is 1. The lowest BCUT2D eigenvalue weighted by atomic mass is 9.75. The summed E-state index contributed by atoms with van der Waals surface area (Å²) in [5, 5.41) is 2.03. The summed E-state index contributed by atoms with van der Waals surface area (Å²) in [4.78, 5) is 22.3. The Balaban J connectivity index is 1.42. The molecule has 6 rings (SSSR count). The Labute approximate surface area is 144 Å². The zero-order valence-electron chi connectivity index (χ0n) is 13.4. The maximum absolute atomic E-state index is 12.5. The van der Waals surface area contributed by atoms with Crippen LogP contribution in [-0.4, -0.2) is 47.8 Å². The van der Waals surface area contributed by atoms with Crippen molar-refractivity contribution in [1.82, 2.24) is 9.88 Å². The normalized spacial score (nSPS) is 31.7. The van der Waals surface area contributed by atoms with Gasteiger partial charge >= 0.3 is 6.09 Å². The van der Waals surface area contributed by atoms with E-state index >= 15 is 0 Å². The number of rotatable bonds is 2. The molecule has 2 aromatic rings. The third-order valence-electron chi connectivity index (χ3n) is 5.57. The van der Waals surface area contributed by atoms with E-state index in [9.17, 15) is 4.79 Å². The average Bonchev–Trinajstić information content (AvgIpc) is 3.22. The Hall–Kier alpha value is -1.92. The SMILES string of the molecule is O=C1O[C@]2(CN3CCC2CC3)CN1c1csc(-c2ccccn2)c1. The fourth-order valence-electron chi connectivity index (χ4n) is 4.32. The molecule has 1 atom stereocenters. The minimum absolute atomic E-state index is 0.200. The predicted molar refractivity (Wildman–Crippen MR) is 93.3 cm³/mol. The van der Waals surface area contributed by atoms with E-state index in [1.807, 2.05) is 28.5 Å². The second kappa shape index (κ2) is 5.29. The molecule has 4 aliphatic heterocycles. The van der Waals surface area contributed by atoms with Crippen molar-refractivity contribution in [2.75, 3.05) is 31.1 Å². The van der Waals surface area contributed by atoms with E-state index in [1.54, 1.807) is 17.5 Å². The number of nitrogens with zero attached hydrogens (tertiary/aromatic N) is 3. The van der Waals surface area contributed by atoms with Crippen LogP contribution in [0.4, 0.5) is 10.5 Å². The maximum Gasteiger partial charge on any atom is 0.415 e. The number of anilines is 1. The summed E-state index contributed by atoms with van der Waals surface area (Å²) >= 11 is 1.62. The molecule has 0 saturated carbocycles. The standard InChI is InChI=1S/C18H19N3O2S/c22-17-21(12-18(23-17)11-20-7-4-13(18)5-8-20)14-9-16(24-10-14)15-3-1-2-6-19-15/h1-3,6,9-10,13H,4-5,7-8,11-12H2/t18-/m1/s1. The van der Waals surface area contributed by atoms with E-state index < -0.39 is 0 Å². The van der Waals surface area contributed by atoms with E-state index in [2.05, 4.69) is 16.0 Å². The molecule has 124 valence electrons. The highest BCUT2D eigenvalue weighted by Crippen LogP contribution is 2.44. The van der Waals surface area contributed by atoms with Crippen molar-refractivity contribution >= 4 is 23.1 Å². The fraction of sp³-hybridized carbons (Fsp3) is 0.444. The highest BCUT2D eigenvalue weighted by Gasteiger charge is 2.55. The average molecular weight is 341 g/mol. The largest absolute Gasteiger partial charge is 0.439 e. The number of piperidine rings is 3. The van der Waals surface area contributed by atoms with Crippen LogP contribution in [0.1, 0.15) is 12.8 Å². The van der Waals surface area contributed by atoms with Gasteiger partial charge in [-0.1, -0.05) is 6.07 Å². The zero-order valence-corrected chi connectivity index (χ0v) is 14.2. The van der Waals surface area contributed by atoms with Crippen molar-refractivity contribution in [3.05, 3.63) is 35.8 Å². The minimum Gasteiger partial charge on any atom is -0.439 e. The van der Waals surface area contributed by atoms with Crippen LogP contribution in [0.2, 0.25) is 0 Å². The van der Waals surface area contributed by atoms with Crippen LogP contribution in [0.25, 0.3) is 10.6 Å². The molecule has 6 heteroatoms. The van der Waals surface area contributed by atoms with Gasteiger partial charge in [-0.15, -0.1) is 11.3 Å². The van der Waals surface area contributed by atoms with Gasteiger partial charge < -0.3 is 4.74 Å². The molecule has 4 saturated heterocycles. The third-order valence-corrected chi connectivity index (χ3v) is 6.51. The highest BCUT2D eigenvalue weighted by molar-refractivity contribution is 7.14. The molecule has 0 N–H and O–H groups in total. The fourth-order valence-corrected chi connectivity index (χ4v) is 5.19. The lowest BCUT2D eigenvalue weighted by Crippen LogP contribution is -2.61. The summed E-state index contributed by atoms with van der Waals surface area (Å²) in [6.45, 7) is 3.85. The molecular formula is C18H19N3O2S. The number of fused-ring (bicyclic) bond motifs is 2. The van der Waals surface area contributed by atoms with Gasteiger partial charge in [-0.2, -0.15) is 0 Å². The van der Waals surface area contributed by atoms with E-state index in [-0.39, 0.29) is 11.7 Å². The number of carbonyl (C=O) groups is 1. The van der Waals surface area contributed by atoms with Gasteiger partial charge in [0.2, 0.25) is 0 Å². The second-order valence-corrected chi connectivity index (χ2v) is 7.86. The van der Waals surface area contributed by atoms with Gasteiger partial charge in [0.1, 0.15) is 5.60 Å². The summed E-state index contributed by atoms with van der Waals surface area (Å²) in [5.74, 6) is 0.505. The Morgan fingerprint density at radius 2 is 2.12 bits per heavy atom. The summed E-state index contributed by atoms with van der Waals surface area (Å²) in [5.41, 5.74) is 1.57. The van der Waals surface area contributed by atoms with Crippen molar-refractivity contribution in [3.8, 4) is 10.6 Å². The number of aromatic nitrogens is 1. The zero-order chi connectivity index (χ0) is 16.1. The number of hydrogen-bond donors (Lipinski definition) is 0. The predicted octanol–water partition coefficient (Wildman–Crippen LogP) is 3.23. The summed E-state index contributed by atoms with van der Waals surface area (Å²) in [6, 6.07) is 7.93. The van der Waals surface area contributed by atoms with Crippen molar-refractivity contribution in [1.29, 1.82) is 0 Å². The minimum atomic E-state index is -0.305. The van der Waals surface area contributed by atoms with Crippen LogP contribution in [0.3, 0.4) is 0 Å². The van der Waals surface area contributed by atoms with Crippen molar-refractivity contribution in [3.63, 3.8) is 0 Å². The van der Waals surface area contributed by atoms with Crippen molar-refractivity contribution in [2.45, 2.75) is 18.4 Å². The van der Waals surface area contributed by atoms with Gasteiger partial charge in [0.05, 0.1) is 22.8 Å². The Kier molecular flexibility index (Phi) is 3.18. The van der Waals surface area contributed by atoms with Crippen molar-refractivity contribution in [2.24, 2.45) is 5.92 Å². The molecule has 2 aromatic heterocycles. The summed E-state index contributed by atoms with van der Waals surface area (Å²) in [6.07, 6.45) is 3.88. The molecule has 1 spiro atoms. The maximum atomic E-state index is 12.5. The topological polar surface area (TPSA) is 45.7 Å². The highest BCUT2D eigenvalue weighted by atomic mass is 32.1. The van der Waals surface area contributed by atoms with E-state index in [0.29, 0.717) is 12.5 Å². The Morgan fingerprint density at radius 1 is 1.25 bits per heavy atom. The molecule has 4 aliphatic rings. The Bertz CT molecular complexity index is 770. The lowest BCUT2D eigenvalue weighted by molar-refractivity contribution is -0.0881. The first-order valence-corrected chi connectivity index (χ1v) is 9.34. The number of thiophene rings is 1. The van der Waals surface area contributed by atoms with Crippen LogP contribution >= 0.6 is 11.3 Å². The molecule has 0 radical (unpaired) electrons. The molecule has 0 unspecified atom stereocenters. The van der Waals surface area contributed by atoms with E-state index in [0.717, 1.165) is 48.7 Å². The van der Waals surface area contributed by atoms with Gasteiger partial charge in [-0.25, -0.2) is 4.79 Å². The molecule has 4 fully saturated rings. The summed E-state index contributed by atoms with van der Waals surface area (Å²) in [7, 11) is 0. The van der Waals surface area contributed by atoms with Crippen molar-refractivity contribution < 1.29 is 9.53 Å². The van der Waals surface area contributed by atoms with Gasteiger partial charge in [0, 0.05) is 24.0 Å². The number of pyridine rings is 1. The monoisotopic (exact) mass is 341 g/mol. The van der Waals surface area contributed by atoms with Crippen LogP contribution in [-0.2, 0) is 4.74 Å². The smallest absolute Gasteiger partial charge is 0.415 e. The van der Waals surface area contributed by atoms with Crippen LogP contribution < -0.4 is 4.90 Å². The number of hydrogen-bond acceptors (Lipinski definition) is 5. The third kappa shape index (κ3) is 2.17. The number of ether oxygens (including phenoxy) is 1. The van der Waals surface area contributed by atoms with Crippen LogP contribution in [0.5, 0.6) is 0 Å². The molecule has 6 heterocycles. The Morgan fingerprint density at radius 3 is 2.83 bits per heavy atom. The summed E-state index contributed by atoms with van der Waals surface area (Å²) < 4.78 is 5.94. The van der Waals surface area contributed by atoms with Crippen LogP contribution in [0, 0.1) is 5.92 Å². The first kappa shape index (κ1) is 14.4. The number of amides is 1. The quantitative estimate of drug-likeness (QED) is 0.841. The van der Waals surface area contributed by atoms with Gasteiger partial charge in [-0.05, 0) is 44.1 Å². The van der Waals surface area contributed by atoms with Gasteiger partial charge in [0.15, 0.2) is 0 Å². The van der Waals surface area contributed by atoms with Gasteiger partial charge in [0.25, 0.3) is 0 Å². The molecule has 2 bridgehead atoms.